The highest BCUT2D eigenvalue weighted by molar-refractivity contribution is 8.13. The standard InChI is InChI=1S/C14H26N2OS/c1-14(2,3)12-8-9-18-13(16-12)15-10-6-5-7-11(10)17-4/h10-12H,5-9H2,1-4H3,(H,15,16). The maximum absolute atomic E-state index is 5.53. The molecule has 3 unspecified atom stereocenters. The van der Waals surface area contributed by atoms with Gasteiger partial charge in [0.1, 0.15) is 0 Å². The van der Waals surface area contributed by atoms with Crippen molar-refractivity contribution in [2.75, 3.05) is 12.9 Å². The van der Waals surface area contributed by atoms with Crippen molar-refractivity contribution in [2.24, 2.45) is 10.4 Å². The molecule has 1 aliphatic carbocycles. The first-order chi connectivity index (χ1) is 8.50. The van der Waals surface area contributed by atoms with Gasteiger partial charge in [-0.2, -0.15) is 0 Å². The molecule has 0 saturated heterocycles. The fourth-order valence-corrected chi connectivity index (χ4v) is 3.72. The molecule has 3 atom stereocenters. The molecule has 18 heavy (non-hydrogen) atoms. The molecular weight excluding hydrogens is 244 g/mol. The highest BCUT2D eigenvalue weighted by Crippen LogP contribution is 2.31. The summed E-state index contributed by atoms with van der Waals surface area (Å²) in [5.74, 6) is 1.18. The number of nitrogens with zero attached hydrogens (tertiary/aromatic N) is 1. The quantitative estimate of drug-likeness (QED) is 0.837. The van der Waals surface area contributed by atoms with Gasteiger partial charge in [-0.25, -0.2) is 0 Å². The summed E-state index contributed by atoms with van der Waals surface area (Å²) in [6.45, 7) is 6.84. The van der Waals surface area contributed by atoms with Crippen LogP contribution in [-0.2, 0) is 4.74 Å². The summed E-state index contributed by atoms with van der Waals surface area (Å²) >= 11 is 1.87. The fraction of sp³-hybridized carbons (Fsp3) is 0.929. The van der Waals surface area contributed by atoms with Crippen LogP contribution in [0.5, 0.6) is 0 Å². The van der Waals surface area contributed by atoms with Crippen molar-refractivity contribution in [1.29, 1.82) is 0 Å². The Morgan fingerprint density at radius 3 is 2.72 bits per heavy atom. The lowest BCUT2D eigenvalue weighted by Crippen LogP contribution is -2.42. The average molecular weight is 270 g/mol. The Morgan fingerprint density at radius 1 is 1.28 bits per heavy atom. The molecule has 0 bridgehead atoms. The number of thioether (sulfide) groups is 1. The van der Waals surface area contributed by atoms with Gasteiger partial charge in [-0.3, -0.25) is 4.99 Å². The first-order valence-electron chi connectivity index (χ1n) is 7.00. The molecule has 1 fully saturated rings. The molecule has 2 aliphatic rings. The third-order valence-corrected chi connectivity index (χ3v) is 4.90. The van der Waals surface area contributed by atoms with E-state index in [-0.39, 0.29) is 5.41 Å². The highest BCUT2D eigenvalue weighted by Gasteiger charge is 2.31. The maximum atomic E-state index is 5.53. The Hall–Kier alpha value is -0.220. The summed E-state index contributed by atoms with van der Waals surface area (Å²) in [5, 5.41) is 4.74. The van der Waals surface area contributed by atoms with Crippen molar-refractivity contribution in [1.82, 2.24) is 5.32 Å². The van der Waals surface area contributed by atoms with Crippen molar-refractivity contribution >= 4 is 16.9 Å². The van der Waals surface area contributed by atoms with Gasteiger partial charge in [0.25, 0.3) is 0 Å². The van der Waals surface area contributed by atoms with Gasteiger partial charge in [0.05, 0.1) is 18.2 Å². The minimum atomic E-state index is 0.268. The number of methoxy groups -OCH3 is 1. The Morgan fingerprint density at radius 2 is 2.06 bits per heavy atom. The first-order valence-corrected chi connectivity index (χ1v) is 7.99. The van der Waals surface area contributed by atoms with Crippen LogP contribution in [0.15, 0.2) is 4.99 Å². The van der Waals surface area contributed by atoms with E-state index in [1.165, 1.54) is 31.4 Å². The molecule has 0 amide bonds. The van der Waals surface area contributed by atoms with E-state index in [1.807, 2.05) is 18.9 Å². The van der Waals surface area contributed by atoms with Crippen LogP contribution in [0.3, 0.4) is 0 Å². The summed E-state index contributed by atoms with van der Waals surface area (Å²) in [7, 11) is 1.82. The lowest BCUT2D eigenvalue weighted by Gasteiger charge is -2.32. The summed E-state index contributed by atoms with van der Waals surface area (Å²) in [6, 6.07) is 0.906. The number of aliphatic imine (C=N–C) groups is 1. The molecule has 0 radical (unpaired) electrons. The number of nitrogens with one attached hydrogen (secondary N) is 1. The van der Waals surface area contributed by atoms with Gasteiger partial charge >= 0.3 is 0 Å². The Labute approximate surface area is 115 Å². The maximum Gasteiger partial charge on any atom is 0.157 e. The predicted molar refractivity (Wildman–Crippen MR) is 79.3 cm³/mol. The Balaban J connectivity index is 1.98. The van der Waals surface area contributed by atoms with Crippen LogP contribution in [-0.4, -0.2) is 36.2 Å². The number of hydrogen-bond acceptors (Lipinski definition) is 4. The molecule has 104 valence electrons. The largest absolute Gasteiger partial charge is 0.379 e. The van der Waals surface area contributed by atoms with Gasteiger partial charge < -0.3 is 10.1 Å². The fourth-order valence-electron chi connectivity index (χ4n) is 2.75. The van der Waals surface area contributed by atoms with E-state index in [9.17, 15) is 0 Å². The van der Waals surface area contributed by atoms with Gasteiger partial charge in [-0.15, -0.1) is 0 Å². The molecule has 1 N–H and O–H groups in total. The molecule has 3 nitrogen and oxygen atoms in total. The number of hydrogen-bond donors (Lipinski definition) is 1. The van der Waals surface area contributed by atoms with Crippen LogP contribution in [0.25, 0.3) is 0 Å². The molecule has 1 heterocycles. The zero-order chi connectivity index (χ0) is 13.2. The molecule has 0 spiro atoms. The number of amidine groups is 1. The lowest BCUT2D eigenvalue weighted by atomic mass is 9.85. The number of rotatable bonds is 2. The molecule has 0 aromatic heterocycles. The monoisotopic (exact) mass is 270 g/mol. The lowest BCUT2D eigenvalue weighted by molar-refractivity contribution is 0.0909. The second-order valence-electron chi connectivity index (χ2n) is 6.41. The first kappa shape index (κ1) is 14.2. The van der Waals surface area contributed by atoms with Crippen molar-refractivity contribution in [2.45, 2.75) is 64.6 Å². The summed E-state index contributed by atoms with van der Waals surface area (Å²) < 4.78 is 5.53. The molecule has 4 heteroatoms. The third kappa shape index (κ3) is 3.41. The molecule has 0 aromatic carbocycles. The van der Waals surface area contributed by atoms with Crippen LogP contribution in [0.2, 0.25) is 0 Å². The van der Waals surface area contributed by atoms with Gasteiger partial charge in [0.2, 0.25) is 0 Å². The second-order valence-corrected chi connectivity index (χ2v) is 7.49. The summed E-state index contributed by atoms with van der Waals surface area (Å²) in [4.78, 5) is 4.90. The molecule has 0 aromatic rings. The van der Waals surface area contributed by atoms with Gasteiger partial charge in [0, 0.05) is 12.9 Å². The van der Waals surface area contributed by atoms with E-state index in [4.69, 9.17) is 9.73 Å². The summed E-state index contributed by atoms with van der Waals surface area (Å²) in [6.07, 6.45) is 5.20. The van der Waals surface area contributed by atoms with E-state index >= 15 is 0 Å². The van der Waals surface area contributed by atoms with Crippen molar-refractivity contribution in [3.63, 3.8) is 0 Å². The van der Waals surface area contributed by atoms with Crippen molar-refractivity contribution in [3.8, 4) is 0 Å². The second kappa shape index (κ2) is 5.83. The van der Waals surface area contributed by atoms with Crippen LogP contribution in [0, 0.1) is 5.41 Å². The van der Waals surface area contributed by atoms with Crippen molar-refractivity contribution in [3.05, 3.63) is 0 Å². The highest BCUT2D eigenvalue weighted by atomic mass is 32.2. The molecular formula is C14H26N2OS. The molecule has 2 rings (SSSR count). The predicted octanol–water partition coefficient (Wildman–Crippen LogP) is 3.05. The van der Waals surface area contributed by atoms with Crippen LogP contribution >= 0.6 is 11.8 Å². The Bertz CT molecular complexity index is 311. The smallest absolute Gasteiger partial charge is 0.157 e. The van der Waals surface area contributed by atoms with E-state index in [2.05, 4.69) is 26.1 Å². The zero-order valence-electron chi connectivity index (χ0n) is 12.0. The van der Waals surface area contributed by atoms with Gasteiger partial charge in [0.15, 0.2) is 5.17 Å². The van der Waals surface area contributed by atoms with E-state index in [1.54, 1.807) is 0 Å². The third-order valence-electron chi connectivity index (χ3n) is 3.97. The Kier molecular flexibility index (Phi) is 4.59. The minimum Gasteiger partial charge on any atom is -0.379 e. The normalized spacial score (nSPS) is 33.3. The van der Waals surface area contributed by atoms with Crippen LogP contribution in [0.4, 0.5) is 0 Å². The van der Waals surface area contributed by atoms with Gasteiger partial charge in [-0.1, -0.05) is 32.5 Å². The van der Waals surface area contributed by atoms with Crippen LogP contribution < -0.4 is 5.32 Å². The van der Waals surface area contributed by atoms with Crippen molar-refractivity contribution < 1.29 is 4.74 Å². The minimum absolute atomic E-state index is 0.268. The average Bonchev–Trinajstić information content (AvgIpc) is 2.75. The van der Waals surface area contributed by atoms with Gasteiger partial charge in [-0.05, 0) is 31.1 Å². The topological polar surface area (TPSA) is 33.6 Å². The molecule has 1 saturated carbocycles. The number of ether oxygens (including phenoxy) is 1. The van der Waals surface area contributed by atoms with Crippen LogP contribution in [0.1, 0.15) is 46.5 Å². The van der Waals surface area contributed by atoms with E-state index in [0.29, 0.717) is 18.2 Å². The zero-order valence-corrected chi connectivity index (χ0v) is 12.8. The molecule has 1 aliphatic heterocycles. The van der Waals surface area contributed by atoms with E-state index in [0.717, 1.165) is 5.17 Å². The SMILES string of the molecule is COC1CCCC1NC1=NC(C(C)(C)C)CCS1. The summed E-state index contributed by atoms with van der Waals surface area (Å²) in [5.41, 5.74) is 0.268. The van der Waals surface area contributed by atoms with E-state index < -0.39 is 0 Å².